The lowest BCUT2D eigenvalue weighted by atomic mass is 10.1. The Balaban J connectivity index is 1.50. The van der Waals surface area contributed by atoms with Gasteiger partial charge in [-0.2, -0.15) is 0 Å². The second-order valence-corrected chi connectivity index (χ2v) is 10.0. The van der Waals surface area contributed by atoms with E-state index in [1.165, 1.54) is 4.90 Å². The molecule has 4 rings (SSSR count). The molecule has 11 heteroatoms. The van der Waals surface area contributed by atoms with Gasteiger partial charge in [-0.15, -0.1) is 0 Å². The van der Waals surface area contributed by atoms with Crippen LogP contribution >= 0.6 is 11.6 Å². The third kappa shape index (κ3) is 7.78. The molecule has 3 amide bonds. The fourth-order valence-corrected chi connectivity index (χ4v) is 4.86. The van der Waals surface area contributed by atoms with Gasteiger partial charge in [0.15, 0.2) is 0 Å². The molecule has 2 saturated heterocycles. The standard InChI is InChI=1S/C28H33ClN4O6/c29-21-6-10-23(11-7-21)33(14-13-31-15-17-39-18-16-31)28(38)24(19-26(35)36)30-27(37)20-4-8-22(9-5-20)32-12-2-1-3-25(32)34/h4-11,24H,1-3,12-19H2,(H,30,37)(H,35,36)/t24-/m0/s1. The van der Waals surface area contributed by atoms with Crippen molar-refractivity contribution in [3.8, 4) is 0 Å². The van der Waals surface area contributed by atoms with E-state index in [-0.39, 0.29) is 11.5 Å². The summed E-state index contributed by atoms with van der Waals surface area (Å²) in [6.07, 6.45) is 1.71. The zero-order valence-corrected chi connectivity index (χ0v) is 22.4. The molecular formula is C28H33ClN4O6. The van der Waals surface area contributed by atoms with Crippen molar-refractivity contribution in [2.45, 2.75) is 31.7 Å². The van der Waals surface area contributed by atoms with Crippen LogP contribution in [0.5, 0.6) is 0 Å². The van der Waals surface area contributed by atoms with E-state index in [0.29, 0.717) is 55.7 Å². The number of nitrogens with zero attached hydrogens (tertiary/aromatic N) is 3. The van der Waals surface area contributed by atoms with Crippen molar-refractivity contribution in [2.24, 2.45) is 0 Å². The first-order valence-corrected chi connectivity index (χ1v) is 13.5. The Bertz CT molecular complexity index is 1170. The maximum Gasteiger partial charge on any atom is 0.305 e. The molecule has 2 aromatic rings. The Labute approximate surface area is 232 Å². The minimum absolute atomic E-state index is 0.0462. The van der Waals surface area contributed by atoms with Crippen LogP contribution in [0.1, 0.15) is 36.0 Å². The van der Waals surface area contributed by atoms with E-state index in [2.05, 4.69) is 10.2 Å². The van der Waals surface area contributed by atoms with Gasteiger partial charge in [-0.25, -0.2) is 0 Å². The molecule has 0 radical (unpaired) electrons. The van der Waals surface area contributed by atoms with Crippen LogP contribution in [0.3, 0.4) is 0 Å². The zero-order chi connectivity index (χ0) is 27.8. The van der Waals surface area contributed by atoms with Crippen LogP contribution in [-0.4, -0.2) is 85.7 Å². The van der Waals surface area contributed by atoms with Gasteiger partial charge in [0.1, 0.15) is 6.04 Å². The number of carboxylic acid groups (broad SMARTS) is 1. The number of aliphatic carboxylic acids is 1. The number of carbonyl (C=O) groups excluding carboxylic acids is 3. The van der Waals surface area contributed by atoms with Crippen LogP contribution in [0.25, 0.3) is 0 Å². The molecule has 2 aromatic carbocycles. The largest absolute Gasteiger partial charge is 0.481 e. The molecule has 2 aliphatic rings. The van der Waals surface area contributed by atoms with Crippen molar-refractivity contribution in [1.82, 2.24) is 10.2 Å². The molecule has 2 N–H and O–H groups in total. The molecule has 1 atom stereocenters. The topological polar surface area (TPSA) is 119 Å². The van der Waals surface area contributed by atoms with Crippen LogP contribution in [0.2, 0.25) is 5.02 Å². The minimum Gasteiger partial charge on any atom is -0.481 e. The summed E-state index contributed by atoms with van der Waals surface area (Å²) in [7, 11) is 0. The predicted octanol–water partition coefficient (Wildman–Crippen LogP) is 2.80. The smallest absolute Gasteiger partial charge is 0.305 e. The summed E-state index contributed by atoms with van der Waals surface area (Å²) in [6.45, 7) is 4.17. The number of carboxylic acids is 1. The molecular weight excluding hydrogens is 524 g/mol. The number of hydrogen-bond acceptors (Lipinski definition) is 6. The molecule has 2 fully saturated rings. The van der Waals surface area contributed by atoms with Gasteiger partial charge in [0.05, 0.1) is 19.6 Å². The number of hydrogen-bond donors (Lipinski definition) is 2. The van der Waals surface area contributed by atoms with Crippen LogP contribution in [0.4, 0.5) is 11.4 Å². The number of benzene rings is 2. The summed E-state index contributed by atoms with van der Waals surface area (Å²) in [5.41, 5.74) is 1.52. The summed E-state index contributed by atoms with van der Waals surface area (Å²) in [5.74, 6) is -2.27. The second kappa shape index (κ2) is 13.5. The molecule has 39 heavy (non-hydrogen) atoms. The number of amides is 3. The monoisotopic (exact) mass is 556 g/mol. The Morgan fingerprint density at radius 3 is 2.33 bits per heavy atom. The van der Waals surface area contributed by atoms with Crippen molar-refractivity contribution in [3.05, 3.63) is 59.1 Å². The third-order valence-electron chi connectivity index (χ3n) is 6.89. The van der Waals surface area contributed by atoms with Crippen LogP contribution in [-0.2, 0) is 19.1 Å². The highest BCUT2D eigenvalue weighted by atomic mass is 35.5. The van der Waals surface area contributed by atoms with Gasteiger partial charge in [0.2, 0.25) is 11.8 Å². The van der Waals surface area contributed by atoms with E-state index in [1.54, 1.807) is 53.4 Å². The normalized spacial score (nSPS) is 16.9. The fraction of sp³-hybridized carbons (Fsp3) is 0.429. The van der Waals surface area contributed by atoms with E-state index in [0.717, 1.165) is 25.9 Å². The van der Waals surface area contributed by atoms with E-state index in [1.807, 2.05) is 0 Å². The number of anilines is 2. The Hall–Kier alpha value is -3.47. The summed E-state index contributed by atoms with van der Waals surface area (Å²) in [4.78, 5) is 56.1. The molecule has 0 saturated carbocycles. The van der Waals surface area contributed by atoms with Crippen LogP contribution < -0.4 is 15.1 Å². The zero-order valence-electron chi connectivity index (χ0n) is 21.7. The van der Waals surface area contributed by atoms with Crippen LogP contribution in [0.15, 0.2) is 48.5 Å². The van der Waals surface area contributed by atoms with E-state index < -0.39 is 30.2 Å². The highest BCUT2D eigenvalue weighted by Crippen LogP contribution is 2.22. The van der Waals surface area contributed by atoms with Gasteiger partial charge in [0.25, 0.3) is 5.91 Å². The molecule has 0 aliphatic carbocycles. The Morgan fingerprint density at radius 2 is 1.69 bits per heavy atom. The average molecular weight is 557 g/mol. The lowest BCUT2D eigenvalue weighted by Gasteiger charge is -2.32. The maximum atomic E-state index is 13.7. The van der Waals surface area contributed by atoms with Gasteiger partial charge in [-0.05, 0) is 61.4 Å². The number of piperidine rings is 1. The van der Waals surface area contributed by atoms with Gasteiger partial charge >= 0.3 is 5.97 Å². The van der Waals surface area contributed by atoms with Gasteiger partial charge < -0.3 is 25.0 Å². The highest BCUT2D eigenvalue weighted by Gasteiger charge is 2.30. The quantitative estimate of drug-likeness (QED) is 0.462. The van der Waals surface area contributed by atoms with Crippen molar-refractivity contribution in [2.75, 3.05) is 55.7 Å². The maximum absolute atomic E-state index is 13.7. The van der Waals surface area contributed by atoms with Crippen molar-refractivity contribution < 1.29 is 29.0 Å². The molecule has 2 aliphatic heterocycles. The summed E-state index contributed by atoms with van der Waals surface area (Å²) in [6, 6.07) is 11.9. The number of halogens is 1. The third-order valence-corrected chi connectivity index (χ3v) is 7.15. The fourth-order valence-electron chi connectivity index (χ4n) is 4.73. The molecule has 0 spiro atoms. The lowest BCUT2D eigenvalue weighted by Crippen LogP contribution is -2.52. The Kier molecular flexibility index (Phi) is 9.91. The second-order valence-electron chi connectivity index (χ2n) is 9.59. The first-order valence-electron chi connectivity index (χ1n) is 13.1. The molecule has 0 aromatic heterocycles. The molecule has 208 valence electrons. The van der Waals surface area contributed by atoms with E-state index in [9.17, 15) is 24.3 Å². The first kappa shape index (κ1) is 28.5. The van der Waals surface area contributed by atoms with Crippen molar-refractivity contribution >= 4 is 46.7 Å². The molecule has 0 unspecified atom stereocenters. The lowest BCUT2D eigenvalue weighted by molar-refractivity contribution is -0.139. The number of carbonyl (C=O) groups is 4. The number of morpholine rings is 1. The van der Waals surface area contributed by atoms with Gasteiger partial charge in [-0.1, -0.05) is 11.6 Å². The SMILES string of the molecule is O=C(O)C[C@H](NC(=O)c1ccc(N2CCCCC2=O)cc1)C(=O)N(CCN1CCOCC1)c1ccc(Cl)cc1. The summed E-state index contributed by atoms with van der Waals surface area (Å²) in [5, 5.41) is 12.7. The number of rotatable bonds is 10. The van der Waals surface area contributed by atoms with E-state index in [4.69, 9.17) is 16.3 Å². The number of nitrogens with one attached hydrogen (secondary N) is 1. The summed E-state index contributed by atoms with van der Waals surface area (Å²) >= 11 is 6.05. The minimum atomic E-state index is -1.29. The first-order chi connectivity index (χ1) is 18.8. The Morgan fingerprint density at radius 1 is 1.00 bits per heavy atom. The molecule has 2 heterocycles. The van der Waals surface area contributed by atoms with Crippen molar-refractivity contribution in [1.29, 1.82) is 0 Å². The van der Waals surface area contributed by atoms with E-state index >= 15 is 0 Å². The molecule has 0 bridgehead atoms. The molecule has 10 nitrogen and oxygen atoms in total. The van der Waals surface area contributed by atoms with Crippen molar-refractivity contribution in [3.63, 3.8) is 0 Å². The predicted molar refractivity (Wildman–Crippen MR) is 147 cm³/mol. The summed E-state index contributed by atoms with van der Waals surface area (Å²) < 4.78 is 5.40. The van der Waals surface area contributed by atoms with Gasteiger partial charge in [-0.3, -0.25) is 24.1 Å². The highest BCUT2D eigenvalue weighted by molar-refractivity contribution is 6.30. The number of ether oxygens (including phenoxy) is 1. The van der Waals surface area contributed by atoms with Gasteiger partial charge in [0, 0.05) is 61.1 Å². The average Bonchev–Trinajstić information content (AvgIpc) is 2.94. The van der Waals surface area contributed by atoms with Crippen LogP contribution in [0, 0.1) is 0 Å².